The van der Waals surface area contributed by atoms with Crippen molar-refractivity contribution in [2.24, 2.45) is 5.73 Å². The van der Waals surface area contributed by atoms with Gasteiger partial charge < -0.3 is 5.73 Å². The minimum Gasteiger partial charge on any atom is -0.364 e. The summed E-state index contributed by atoms with van der Waals surface area (Å²) in [7, 11) is 0. The summed E-state index contributed by atoms with van der Waals surface area (Å²) in [6, 6.07) is 3.68. The van der Waals surface area contributed by atoms with Gasteiger partial charge in [-0.1, -0.05) is 6.07 Å². The van der Waals surface area contributed by atoms with E-state index in [1.807, 2.05) is 18.4 Å². The smallest absolute Gasteiger partial charge is 0.269 e. The summed E-state index contributed by atoms with van der Waals surface area (Å²) in [6.45, 7) is 0. The molecule has 3 aromatic rings. The third kappa shape index (κ3) is 1.44. The molecule has 2 heterocycles. The summed E-state index contributed by atoms with van der Waals surface area (Å²) in [5.41, 5.74) is 7.15. The zero-order valence-electron chi connectivity index (χ0n) is 9.49. The third-order valence-corrected chi connectivity index (χ3v) is 3.30. The molecule has 1 amide bonds. The van der Waals surface area contributed by atoms with Gasteiger partial charge in [0, 0.05) is 23.2 Å². The Kier molecular flexibility index (Phi) is 2.41. The van der Waals surface area contributed by atoms with Crippen LogP contribution < -0.4 is 5.73 Å². The van der Waals surface area contributed by atoms with Crippen LogP contribution in [-0.2, 0) is 0 Å². The maximum absolute atomic E-state index is 11.4. The normalized spacial score (nSPS) is 11.2. The van der Waals surface area contributed by atoms with E-state index in [1.165, 1.54) is 18.3 Å². The van der Waals surface area contributed by atoms with E-state index in [0.717, 1.165) is 16.4 Å². The monoisotopic (exact) mass is 259 g/mol. The summed E-state index contributed by atoms with van der Waals surface area (Å²) in [4.78, 5) is 19.6. The molecule has 0 fully saturated rings. The molecule has 0 aliphatic rings. The number of carbonyl (C=O) groups is 1. The van der Waals surface area contributed by atoms with Gasteiger partial charge in [0.25, 0.3) is 5.91 Å². The summed E-state index contributed by atoms with van der Waals surface area (Å²) in [6.07, 6.45) is 5.07. The third-order valence-electron chi connectivity index (χ3n) is 2.69. The Morgan fingerprint density at radius 3 is 3.00 bits per heavy atom. The lowest BCUT2D eigenvalue weighted by atomic mass is 10.1. The first-order chi connectivity index (χ1) is 8.72. The van der Waals surface area contributed by atoms with Crippen LogP contribution in [-0.4, -0.2) is 31.3 Å². The lowest BCUT2D eigenvalue weighted by molar-refractivity contribution is 0.0997. The molecule has 6 nitrogen and oxygen atoms in total. The standard InChI is InChI=1S/C11H9N5OS/c1-18-16-10-7(9(15-16)11(12)17)3-2-6-4-13-5-14-8(6)10/h2-5H,1H3,(H2,12,17). The molecule has 0 aliphatic heterocycles. The van der Waals surface area contributed by atoms with Crippen molar-refractivity contribution in [1.82, 2.24) is 19.2 Å². The van der Waals surface area contributed by atoms with Crippen LogP contribution in [0.1, 0.15) is 10.5 Å². The number of nitrogens with two attached hydrogens (primary N) is 1. The maximum Gasteiger partial charge on any atom is 0.269 e. The first kappa shape index (κ1) is 11.0. The number of benzene rings is 1. The highest BCUT2D eigenvalue weighted by Crippen LogP contribution is 2.27. The first-order valence-electron chi connectivity index (χ1n) is 5.18. The maximum atomic E-state index is 11.4. The lowest BCUT2D eigenvalue weighted by Gasteiger charge is -2.00. The van der Waals surface area contributed by atoms with E-state index >= 15 is 0 Å². The Hall–Kier alpha value is -2.15. The van der Waals surface area contributed by atoms with Crippen molar-refractivity contribution in [3.63, 3.8) is 0 Å². The fraction of sp³-hybridized carbons (Fsp3) is 0.0909. The summed E-state index contributed by atoms with van der Waals surface area (Å²) in [5, 5.41) is 5.81. The molecule has 0 bridgehead atoms. The van der Waals surface area contributed by atoms with E-state index in [1.54, 1.807) is 10.3 Å². The van der Waals surface area contributed by atoms with Crippen LogP contribution in [0.4, 0.5) is 0 Å². The number of amides is 1. The van der Waals surface area contributed by atoms with Crippen LogP contribution in [0, 0.1) is 0 Å². The van der Waals surface area contributed by atoms with Crippen molar-refractivity contribution in [1.29, 1.82) is 0 Å². The Balaban J connectivity index is 2.53. The van der Waals surface area contributed by atoms with Gasteiger partial charge in [-0.15, -0.1) is 0 Å². The van der Waals surface area contributed by atoms with E-state index in [4.69, 9.17) is 5.73 Å². The molecule has 0 aliphatic carbocycles. The number of aromatic nitrogens is 4. The SMILES string of the molecule is CSn1nc(C(N)=O)c2ccc3cncnc3c21. The quantitative estimate of drug-likeness (QED) is 0.747. The van der Waals surface area contributed by atoms with Gasteiger partial charge >= 0.3 is 0 Å². The summed E-state index contributed by atoms with van der Waals surface area (Å²) in [5.74, 6) is -0.541. The minimum absolute atomic E-state index is 0.264. The van der Waals surface area contributed by atoms with Gasteiger partial charge in [-0.3, -0.25) is 4.79 Å². The van der Waals surface area contributed by atoms with E-state index < -0.39 is 5.91 Å². The predicted molar refractivity (Wildman–Crippen MR) is 70.3 cm³/mol. The summed E-state index contributed by atoms with van der Waals surface area (Å²) >= 11 is 1.39. The van der Waals surface area contributed by atoms with E-state index in [0.29, 0.717) is 5.39 Å². The second kappa shape index (κ2) is 3.95. The van der Waals surface area contributed by atoms with Crippen molar-refractivity contribution >= 4 is 39.7 Å². The molecule has 0 atom stereocenters. The highest BCUT2D eigenvalue weighted by Gasteiger charge is 2.17. The van der Waals surface area contributed by atoms with Crippen LogP contribution in [0.5, 0.6) is 0 Å². The zero-order valence-corrected chi connectivity index (χ0v) is 10.3. The number of primary amides is 1. The van der Waals surface area contributed by atoms with Crippen molar-refractivity contribution in [2.45, 2.75) is 0 Å². The number of hydrogen-bond acceptors (Lipinski definition) is 5. The second-order valence-electron chi connectivity index (χ2n) is 3.69. The highest BCUT2D eigenvalue weighted by molar-refractivity contribution is 7.97. The average Bonchev–Trinajstić information content (AvgIpc) is 2.78. The van der Waals surface area contributed by atoms with Crippen LogP contribution >= 0.6 is 11.9 Å². The molecule has 0 saturated heterocycles. The van der Waals surface area contributed by atoms with Crippen LogP contribution in [0.3, 0.4) is 0 Å². The Labute approximate surface area is 106 Å². The molecule has 18 heavy (non-hydrogen) atoms. The lowest BCUT2D eigenvalue weighted by Crippen LogP contribution is -2.12. The van der Waals surface area contributed by atoms with Crippen LogP contribution in [0.2, 0.25) is 0 Å². The molecule has 0 unspecified atom stereocenters. The molecule has 2 N–H and O–H groups in total. The molecule has 0 spiro atoms. The Morgan fingerprint density at radius 1 is 1.44 bits per heavy atom. The Morgan fingerprint density at radius 2 is 2.28 bits per heavy atom. The topological polar surface area (TPSA) is 86.7 Å². The summed E-state index contributed by atoms with van der Waals surface area (Å²) < 4.78 is 1.66. The second-order valence-corrected chi connectivity index (χ2v) is 4.40. The van der Waals surface area contributed by atoms with Gasteiger partial charge in [0.1, 0.15) is 17.4 Å². The van der Waals surface area contributed by atoms with Gasteiger partial charge in [-0.05, 0) is 18.0 Å². The minimum atomic E-state index is -0.541. The van der Waals surface area contributed by atoms with Gasteiger partial charge in [0.05, 0.1) is 0 Å². The molecular formula is C11H9N5OS. The largest absolute Gasteiger partial charge is 0.364 e. The van der Waals surface area contributed by atoms with Crippen molar-refractivity contribution in [3.05, 3.63) is 30.4 Å². The van der Waals surface area contributed by atoms with Crippen LogP contribution in [0.25, 0.3) is 21.8 Å². The molecule has 90 valence electrons. The number of nitrogens with zero attached hydrogens (tertiary/aromatic N) is 4. The first-order valence-corrected chi connectivity index (χ1v) is 6.36. The zero-order chi connectivity index (χ0) is 12.7. The number of hydrogen-bond donors (Lipinski definition) is 1. The predicted octanol–water partition coefficient (Wildman–Crippen LogP) is 1.20. The van der Waals surface area contributed by atoms with Gasteiger partial charge in [0.15, 0.2) is 5.69 Å². The van der Waals surface area contributed by atoms with Gasteiger partial charge in [-0.2, -0.15) is 5.10 Å². The van der Waals surface area contributed by atoms with Gasteiger partial charge in [0.2, 0.25) is 0 Å². The fourth-order valence-electron chi connectivity index (χ4n) is 1.93. The molecule has 0 saturated carbocycles. The van der Waals surface area contributed by atoms with Crippen molar-refractivity contribution < 1.29 is 4.79 Å². The fourth-order valence-corrected chi connectivity index (χ4v) is 2.46. The number of rotatable bonds is 2. The van der Waals surface area contributed by atoms with E-state index in [-0.39, 0.29) is 5.69 Å². The molecule has 1 aromatic carbocycles. The number of fused-ring (bicyclic) bond motifs is 3. The number of carbonyl (C=O) groups excluding carboxylic acids is 1. The molecule has 7 heteroatoms. The molecule has 2 aromatic heterocycles. The molecule has 0 radical (unpaired) electrons. The van der Waals surface area contributed by atoms with Gasteiger partial charge in [-0.25, -0.2) is 14.1 Å². The Bertz CT molecular complexity index is 767. The molecule has 3 rings (SSSR count). The average molecular weight is 259 g/mol. The molecular weight excluding hydrogens is 250 g/mol. The highest BCUT2D eigenvalue weighted by atomic mass is 32.2. The van der Waals surface area contributed by atoms with Crippen molar-refractivity contribution in [3.8, 4) is 0 Å². The van der Waals surface area contributed by atoms with E-state index in [9.17, 15) is 4.79 Å². The van der Waals surface area contributed by atoms with E-state index in [2.05, 4.69) is 15.1 Å². The van der Waals surface area contributed by atoms with Crippen molar-refractivity contribution in [2.75, 3.05) is 6.26 Å². The van der Waals surface area contributed by atoms with Crippen LogP contribution in [0.15, 0.2) is 24.7 Å².